The predicted molar refractivity (Wildman–Crippen MR) is 76.8 cm³/mol. The van der Waals surface area contributed by atoms with Gasteiger partial charge < -0.3 is 4.52 Å². The van der Waals surface area contributed by atoms with Crippen molar-refractivity contribution in [1.29, 1.82) is 0 Å². The Hall–Kier alpha value is -1.87. The summed E-state index contributed by atoms with van der Waals surface area (Å²) in [5.74, 6) is 2.69. The van der Waals surface area contributed by atoms with E-state index >= 15 is 0 Å². The number of halogens is 1. The highest BCUT2D eigenvalue weighted by Gasteiger charge is 2.25. The molecule has 10 heteroatoms. The summed E-state index contributed by atoms with van der Waals surface area (Å²) >= 11 is 7.77. The lowest BCUT2D eigenvalue weighted by atomic mass is 10.1. The normalized spacial score (nSPS) is 14.4. The number of H-pyrrole nitrogens is 1. The molecule has 1 N–H and O–H groups in total. The molecule has 4 heterocycles. The van der Waals surface area contributed by atoms with E-state index in [1.54, 1.807) is 0 Å². The second-order valence-corrected chi connectivity index (χ2v) is 6.05. The Bertz CT molecular complexity index is 807. The minimum absolute atomic E-state index is 0.209. The minimum atomic E-state index is 0.209. The van der Waals surface area contributed by atoms with Crippen LogP contribution < -0.4 is 0 Å². The molecule has 108 valence electrons. The lowest BCUT2D eigenvalue weighted by Gasteiger charge is -2.11. The standard InChI is InChI=1S/C11H10ClN7OS/c1-19-6-2-3-21-4-5(6)7(16-19)11-13-10(17-20-11)8-9(12)15-18-14-8/h2-4H2,1H3,(H,14,15,18). The van der Waals surface area contributed by atoms with Crippen LogP contribution in [-0.4, -0.2) is 41.1 Å². The van der Waals surface area contributed by atoms with Crippen LogP contribution in [0.2, 0.25) is 5.15 Å². The molecule has 1 aliphatic heterocycles. The van der Waals surface area contributed by atoms with Crippen LogP contribution in [0.1, 0.15) is 11.3 Å². The van der Waals surface area contributed by atoms with Crippen molar-refractivity contribution in [2.45, 2.75) is 12.2 Å². The first-order valence-corrected chi connectivity index (χ1v) is 7.80. The van der Waals surface area contributed by atoms with Crippen LogP contribution in [0.5, 0.6) is 0 Å². The molecule has 4 rings (SSSR count). The molecule has 0 aromatic carbocycles. The van der Waals surface area contributed by atoms with Crippen LogP contribution in [0, 0.1) is 0 Å². The molecule has 8 nitrogen and oxygen atoms in total. The zero-order valence-corrected chi connectivity index (χ0v) is 12.6. The molecule has 3 aromatic heterocycles. The predicted octanol–water partition coefficient (Wildman–Crippen LogP) is 1.70. The molecule has 0 aliphatic carbocycles. The molecule has 0 fully saturated rings. The first kappa shape index (κ1) is 12.8. The van der Waals surface area contributed by atoms with E-state index in [9.17, 15) is 0 Å². The van der Waals surface area contributed by atoms with Gasteiger partial charge >= 0.3 is 0 Å². The van der Waals surface area contributed by atoms with E-state index < -0.39 is 0 Å². The summed E-state index contributed by atoms with van der Waals surface area (Å²) in [6.07, 6.45) is 1.000. The molecular formula is C11H10ClN7OS. The monoisotopic (exact) mass is 323 g/mol. The van der Waals surface area contributed by atoms with Crippen LogP contribution in [0.3, 0.4) is 0 Å². The summed E-state index contributed by atoms with van der Waals surface area (Å²) in [4.78, 5) is 4.34. The van der Waals surface area contributed by atoms with Crippen molar-refractivity contribution in [2.75, 3.05) is 5.75 Å². The Kier molecular flexibility index (Phi) is 2.96. The van der Waals surface area contributed by atoms with Gasteiger partial charge in [0.15, 0.2) is 16.5 Å². The van der Waals surface area contributed by atoms with Crippen LogP contribution >= 0.6 is 23.4 Å². The van der Waals surface area contributed by atoms with Crippen molar-refractivity contribution in [3.8, 4) is 23.1 Å². The smallest absolute Gasteiger partial charge is 0.279 e. The summed E-state index contributed by atoms with van der Waals surface area (Å²) in [6, 6.07) is 0. The van der Waals surface area contributed by atoms with Gasteiger partial charge in [0, 0.05) is 24.1 Å². The van der Waals surface area contributed by atoms with Gasteiger partial charge in [-0.3, -0.25) is 4.68 Å². The maximum atomic E-state index is 5.90. The molecule has 0 unspecified atom stereocenters. The van der Waals surface area contributed by atoms with E-state index in [4.69, 9.17) is 16.1 Å². The van der Waals surface area contributed by atoms with Gasteiger partial charge in [-0.2, -0.15) is 32.2 Å². The summed E-state index contributed by atoms with van der Waals surface area (Å²) in [6.45, 7) is 0. The number of thioether (sulfide) groups is 1. The number of nitrogens with one attached hydrogen (secondary N) is 1. The number of hydrogen-bond donors (Lipinski definition) is 1. The maximum absolute atomic E-state index is 5.90. The quantitative estimate of drug-likeness (QED) is 0.766. The first-order valence-electron chi connectivity index (χ1n) is 6.27. The van der Waals surface area contributed by atoms with Gasteiger partial charge in [0.1, 0.15) is 0 Å². The van der Waals surface area contributed by atoms with Crippen molar-refractivity contribution >= 4 is 23.4 Å². The number of aromatic amines is 1. The number of hydrogen-bond acceptors (Lipinski definition) is 7. The average Bonchev–Trinajstić information content (AvgIpc) is 3.18. The highest BCUT2D eigenvalue weighted by atomic mass is 35.5. The first-order chi connectivity index (χ1) is 10.2. The molecular weight excluding hydrogens is 314 g/mol. The van der Waals surface area contributed by atoms with Gasteiger partial charge in [-0.25, -0.2) is 0 Å². The minimum Gasteiger partial charge on any atom is -0.332 e. The molecule has 0 bridgehead atoms. The van der Waals surface area contributed by atoms with Gasteiger partial charge in [-0.05, 0) is 12.2 Å². The molecule has 3 aromatic rings. The van der Waals surface area contributed by atoms with E-state index in [0.29, 0.717) is 17.4 Å². The van der Waals surface area contributed by atoms with Gasteiger partial charge in [-0.1, -0.05) is 16.8 Å². The Morgan fingerprint density at radius 2 is 2.24 bits per heavy atom. The average molecular weight is 324 g/mol. The largest absolute Gasteiger partial charge is 0.332 e. The Balaban J connectivity index is 1.78. The Morgan fingerprint density at radius 1 is 1.33 bits per heavy atom. The number of aromatic nitrogens is 7. The Labute approximate surface area is 128 Å². The lowest BCUT2D eigenvalue weighted by molar-refractivity contribution is 0.430. The van der Waals surface area contributed by atoms with Gasteiger partial charge in [0.25, 0.3) is 5.89 Å². The molecule has 0 saturated heterocycles. The molecule has 0 atom stereocenters. The van der Waals surface area contributed by atoms with Crippen molar-refractivity contribution in [2.24, 2.45) is 7.05 Å². The third kappa shape index (κ3) is 2.04. The molecule has 0 amide bonds. The fourth-order valence-electron chi connectivity index (χ4n) is 2.36. The van der Waals surface area contributed by atoms with E-state index in [2.05, 4.69) is 30.7 Å². The third-order valence-electron chi connectivity index (χ3n) is 3.35. The lowest BCUT2D eigenvalue weighted by Crippen LogP contribution is -2.05. The fourth-order valence-corrected chi connectivity index (χ4v) is 3.51. The molecule has 0 saturated carbocycles. The number of aryl methyl sites for hydroxylation is 1. The fraction of sp³-hybridized carbons (Fsp3) is 0.364. The second kappa shape index (κ2) is 4.85. The highest BCUT2D eigenvalue weighted by Crippen LogP contribution is 2.33. The van der Waals surface area contributed by atoms with Crippen LogP contribution in [0.15, 0.2) is 4.52 Å². The zero-order chi connectivity index (χ0) is 14.4. The van der Waals surface area contributed by atoms with E-state index in [1.165, 1.54) is 5.69 Å². The summed E-state index contributed by atoms with van der Waals surface area (Å²) in [5, 5.41) is 18.7. The van der Waals surface area contributed by atoms with Gasteiger partial charge in [0.2, 0.25) is 5.82 Å². The summed E-state index contributed by atoms with van der Waals surface area (Å²) in [5.41, 5.74) is 3.49. The maximum Gasteiger partial charge on any atom is 0.279 e. The number of nitrogens with zero attached hydrogens (tertiary/aromatic N) is 6. The van der Waals surface area contributed by atoms with E-state index in [-0.39, 0.29) is 5.15 Å². The number of rotatable bonds is 2. The van der Waals surface area contributed by atoms with E-state index in [1.807, 2.05) is 23.5 Å². The summed E-state index contributed by atoms with van der Waals surface area (Å²) < 4.78 is 7.21. The topological polar surface area (TPSA) is 98.3 Å². The van der Waals surface area contributed by atoms with Crippen molar-refractivity contribution < 1.29 is 4.52 Å². The summed E-state index contributed by atoms with van der Waals surface area (Å²) in [7, 11) is 1.93. The zero-order valence-electron chi connectivity index (χ0n) is 11.0. The molecule has 0 spiro atoms. The van der Waals surface area contributed by atoms with Crippen LogP contribution in [0.4, 0.5) is 0 Å². The number of fused-ring (bicyclic) bond motifs is 1. The SMILES string of the molecule is Cn1nc(-c2nc(-c3n[nH]nc3Cl)no2)c2c1CCSC2. The van der Waals surface area contributed by atoms with Crippen molar-refractivity contribution in [3.63, 3.8) is 0 Å². The third-order valence-corrected chi connectivity index (χ3v) is 4.60. The van der Waals surface area contributed by atoms with E-state index in [0.717, 1.165) is 29.2 Å². The second-order valence-electron chi connectivity index (χ2n) is 4.59. The van der Waals surface area contributed by atoms with Crippen LogP contribution in [-0.2, 0) is 19.2 Å². The molecule has 21 heavy (non-hydrogen) atoms. The molecule has 1 aliphatic rings. The molecule has 0 radical (unpaired) electrons. The van der Waals surface area contributed by atoms with Crippen molar-refractivity contribution in [1.82, 2.24) is 35.3 Å². The van der Waals surface area contributed by atoms with Crippen LogP contribution in [0.25, 0.3) is 23.1 Å². The highest BCUT2D eigenvalue weighted by molar-refractivity contribution is 7.98. The van der Waals surface area contributed by atoms with Gasteiger partial charge in [0.05, 0.1) is 0 Å². The van der Waals surface area contributed by atoms with Crippen molar-refractivity contribution in [3.05, 3.63) is 16.4 Å². The van der Waals surface area contributed by atoms with Gasteiger partial charge in [-0.15, -0.1) is 5.10 Å². The Morgan fingerprint density at radius 3 is 3.05 bits per heavy atom.